The zero-order chi connectivity index (χ0) is 16.7. The lowest BCUT2D eigenvalue weighted by Crippen LogP contribution is -2.87. The lowest BCUT2D eigenvalue weighted by molar-refractivity contribution is -0.698. The molecule has 0 bridgehead atoms. The average molecular weight is 339 g/mol. The van der Waals surface area contributed by atoms with Crippen LogP contribution in [0.4, 0.5) is 4.39 Å². The van der Waals surface area contributed by atoms with Crippen molar-refractivity contribution in [1.82, 2.24) is 0 Å². The maximum absolute atomic E-state index is 12.9. The van der Waals surface area contributed by atoms with Gasteiger partial charge < -0.3 is 15.2 Å². The van der Waals surface area contributed by atoms with E-state index in [1.54, 1.807) is 12.1 Å². The molecular weight excluding hydrogens is 317 g/mol. The van der Waals surface area contributed by atoms with Gasteiger partial charge in [-0.15, -0.1) is 0 Å². The van der Waals surface area contributed by atoms with Crippen LogP contribution in [0.25, 0.3) is 0 Å². The number of halogens is 2. The van der Waals surface area contributed by atoms with Crippen molar-refractivity contribution in [1.29, 1.82) is 0 Å². The Morgan fingerprint density at radius 3 is 2.57 bits per heavy atom. The summed E-state index contributed by atoms with van der Waals surface area (Å²) in [6.07, 6.45) is -0.569. The number of quaternary nitrogens is 1. The summed E-state index contributed by atoms with van der Waals surface area (Å²) < 4.78 is 18.4. The first kappa shape index (κ1) is 17.9. The van der Waals surface area contributed by atoms with E-state index in [-0.39, 0.29) is 18.5 Å². The Bertz CT molecular complexity index is 606. The van der Waals surface area contributed by atoms with Crippen LogP contribution in [-0.2, 0) is 11.3 Å². The average Bonchev–Trinajstić information content (AvgIpc) is 2.55. The van der Waals surface area contributed by atoms with Crippen LogP contribution in [0.15, 0.2) is 48.5 Å². The van der Waals surface area contributed by atoms with E-state index in [0.717, 1.165) is 11.1 Å². The van der Waals surface area contributed by atoms with Crippen molar-refractivity contribution >= 4 is 11.6 Å². The zero-order valence-corrected chi connectivity index (χ0v) is 13.8. The van der Waals surface area contributed by atoms with Gasteiger partial charge in [0.15, 0.2) is 0 Å². The third-order valence-electron chi connectivity index (χ3n) is 3.68. The summed E-state index contributed by atoms with van der Waals surface area (Å²) in [5.74, 6) is -0.242. The highest BCUT2D eigenvalue weighted by Crippen LogP contribution is 2.15. The van der Waals surface area contributed by atoms with Crippen molar-refractivity contribution in [3.05, 3.63) is 70.5 Å². The van der Waals surface area contributed by atoms with Gasteiger partial charge in [-0.2, -0.15) is 0 Å². The summed E-state index contributed by atoms with van der Waals surface area (Å²) >= 11 is 6.05. The second-order valence-electron chi connectivity index (χ2n) is 5.57. The van der Waals surface area contributed by atoms with Crippen molar-refractivity contribution in [2.75, 3.05) is 13.2 Å². The quantitative estimate of drug-likeness (QED) is 0.777. The molecule has 23 heavy (non-hydrogen) atoms. The summed E-state index contributed by atoms with van der Waals surface area (Å²) in [5, 5.41) is 12.7. The van der Waals surface area contributed by atoms with E-state index < -0.39 is 6.10 Å². The molecule has 0 unspecified atom stereocenters. The van der Waals surface area contributed by atoms with Crippen LogP contribution in [0.5, 0.6) is 0 Å². The summed E-state index contributed by atoms with van der Waals surface area (Å²) in [7, 11) is 0. The van der Waals surface area contributed by atoms with Gasteiger partial charge in [0, 0.05) is 10.6 Å². The second-order valence-corrected chi connectivity index (χ2v) is 5.98. The van der Waals surface area contributed by atoms with E-state index in [1.807, 2.05) is 36.5 Å². The van der Waals surface area contributed by atoms with Crippen LogP contribution in [0.3, 0.4) is 0 Å². The highest BCUT2D eigenvalue weighted by atomic mass is 35.5. The molecule has 5 heteroatoms. The molecule has 0 aliphatic heterocycles. The monoisotopic (exact) mass is 338 g/mol. The molecule has 124 valence electrons. The zero-order valence-electron chi connectivity index (χ0n) is 13.1. The van der Waals surface area contributed by atoms with Gasteiger partial charge in [-0.25, -0.2) is 4.39 Å². The molecule has 2 rings (SSSR count). The highest BCUT2D eigenvalue weighted by molar-refractivity contribution is 6.31. The number of ether oxygens (including phenoxy) is 1. The Morgan fingerprint density at radius 2 is 1.87 bits per heavy atom. The normalized spacial score (nSPS) is 13.7. The Kier molecular flexibility index (Phi) is 6.99. The van der Waals surface area contributed by atoms with Gasteiger partial charge in [-0.3, -0.25) is 0 Å². The fraction of sp³-hybridized carbons (Fsp3) is 0.333. The Balaban J connectivity index is 1.69. The van der Waals surface area contributed by atoms with Crippen LogP contribution in [0, 0.1) is 5.82 Å². The molecule has 0 saturated heterocycles. The van der Waals surface area contributed by atoms with Crippen LogP contribution >= 0.6 is 11.6 Å². The Labute approximate surface area is 141 Å². The number of hydrogen-bond donors (Lipinski definition) is 2. The first-order valence-corrected chi connectivity index (χ1v) is 8.02. The Morgan fingerprint density at radius 1 is 1.17 bits per heavy atom. The number of benzene rings is 2. The van der Waals surface area contributed by atoms with E-state index in [9.17, 15) is 9.50 Å². The van der Waals surface area contributed by atoms with Crippen LogP contribution in [0.1, 0.15) is 24.1 Å². The molecule has 0 spiro atoms. The molecular formula is C18H22ClFNO2+. The fourth-order valence-corrected chi connectivity index (χ4v) is 2.44. The standard InChI is InChI=1S/C18H21ClFNO2/c1-13(14-6-8-16(20)9-7-14)21-10-17(22)12-23-11-15-4-2-3-5-18(15)19/h2-9,13,17,21-22H,10-12H2,1H3/p+1/t13-,17+/m0/s1. The third kappa shape index (κ3) is 5.92. The number of aliphatic hydroxyl groups is 1. The van der Waals surface area contributed by atoms with Crippen molar-refractivity contribution < 1.29 is 19.6 Å². The summed E-state index contributed by atoms with van der Waals surface area (Å²) in [5.41, 5.74) is 1.93. The largest absolute Gasteiger partial charge is 0.385 e. The van der Waals surface area contributed by atoms with Crippen LogP contribution < -0.4 is 5.32 Å². The first-order valence-electron chi connectivity index (χ1n) is 7.64. The topological polar surface area (TPSA) is 46.1 Å². The van der Waals surface area contributed by atoms with E-state index in [4.69, 9.17) is 16.3 Å². The van der Waals surface area contributed by atoms with E-state index in [1.165, 1.54) is 12.1 Å². The number of rotatable bonds is 8. The van der Waals surface area contributed by atoms with Gasteiger partial charge in [0.1, 0.15) is 24.5 Å². The lowest BCUT2D eigenvalue weighted by Gasteiger charge is -2.15. The predicted molar refractivity (Wildman–Crippen MR) is 88.7 cm³/mol. The van der Waals surface area contributed by atoms with Gasteiger partial charge in [0.2, 0.25) is 0 Å². The molecule has 0 saturated carbocycles. The first-order chi connectivity index (χ1) is 11.1. The van der Waals surface area contributed by atoms with Gasteiger partial charge in [-0.1, -0.05) is 41.9 Å². The molecule has 3 nitrogen and oxygen atoms in total. The molecule has 0 amide bonds. The summed E-state index contributed by atoms with van der Waals surface area (Å²) in [4.78, 5) is 0. The highest BCUT2D eigenvalue weighted by Gasteiger charge is 2.13. The summed E-state index contributed by atoms with van der Waals surface area (Å²) in [6, 6.07) is 14.0. The molecule has 0 aliphatic rings. The molecule has 2 aromatic carbocycles. The number of hydrogen-bond acceptors (Lipinski definition) is 2. The van der Waals surface area contributed by atoms with Gasteiger partial charge >= 0.3 is 0 Å². The maximum atomic E-state index is 12.9. The molecule has 2 atom stereocenters. The molecule has 0 radical (unpaired) electrons. The van der Waals surface area contributed by atoms with Gasteiger partial charge in [0.25, 0.3) is 0 Å². The van der Waals surface area contributed by atoms with Crippen LogP contribution in [-0.4, -0.2) is 24.4 Å². The summed E-state index contributed by atoms with van der Waals surface area (Å²) in [6.45, 7) is 3.16. The fourth-order valence-electron chi connectivity index (χ4n) is 2.25. The second kappa shape index (κ2) is 8.99. The molecule has 0 fully saturated rings. The Hall–Kier alpha value is -1.46. The minimum atomic E-state index is -0.569. The lowest BCUT2D eigenvalue weighted by atomic mass is 10.1. The van der Waals surface area contributed by atoms with Gasteiger partial charge in [0.05, 0.1) is 13.2 Å². The van der Waals surface area contributed by atoms with E-state index in [2.05, 4.69) is 0 Å². The molecule has 3 N–H and O–H groups in total. The minimum absolute atomic E-state index is 0.147. The van der Waals surface area contributed by atoms with Crippen molar-refractivity contribution in [2.24, 2.45) is 0 Å². The minimum Gasteiger partial charge on any atom is -0.385 e. The van der Waals surface area contributed by atoms with Crippen molar-refractivity contribution in [3.63, 3.8) is 0 Å². The maximum Gasteiger partial charge on any atom is 0.126 e. The van der Waals surface area contributed by atoms with Crippen molar-refractivity contribution in [2.45, 2.75) is 25.7 Å². The van der Waals surface area contributed by atoms with Gasteiger partial charge in [-0.05, 0) is 30.7 Å². The molecule has 0 heterocycles. The van der Waals surface area contributed by atoms with E-state index in [0.29, 0.717) is 18.2 Å². The molecule has 0 aromatic heterocycles. The smallest absolute Gasteiger partial charge is 0.126 e. The molecule has 2 aromatic rings. The SMILES string of the molecule is C[C@H]([NH2+]C[C@@H](O)COCc1ccccc1Cl)c1ccc(F)cc1. The predicted octanol–water partition coefficient (Wildman–Crippen LogP) is 2.68. The number of nitrogens with two attached hydrogens (primary N) is 1. The van der Waals surface area contributed by atoms with Crippen molar-refractivity contribution in [3.8, 4) is 0 Å². The number of aliphatic hydroxyl groups excluding tert-OH is 1. The third-order valence-corrected chi connectivity index (χ3v) is 4.05. The molecule has 0 aliphatic carbocycles. The van der Waals surface area contributed by atoms with Crippen LogP contribution in [0.2, 0.25) is 5.02 Å². The van der Waals surface area contributed by atoms with E-state index >= 15 is 0 Å².